The highest BCUT2D eigenvalue weighted by Gasteiger charge is 2.27. The fourth-order valence-electron chi connectivity index (χ4n) is 2.48. The van der Waals surface area contributed by atoms with Crippen LogP contribution in [-0.4, -0.2) is 10.2 Å². The third kappa shape index (κ3) is 2.86. The van der Waals surface area contributed by atoms with Crippen molar-refractivity contribution in [1.82, 2.24) is 4.98 Å². The largest absolute Gasteiger partial charge is 0.323 e. The van der Waals surface area contributed by atoms with Gasteiger partial charge in [0.15, 0.2) is 0 Å². The van der Waals surface area contributed by atoms with Crippen LogP contribution in [0.25, 0.3) is 0 Å². The fraction of sp³-hybridized carbons (Fsp3) is 0.267. The van der Waals surface area contributed by atoms with Gasteiger partial charge in [0.05, 0.1) is 5.03 Å². The Bertz CT molecular complexity index is 571. The minimum absolute atomic E-state index is 0.0976. The quantitative estimate of drug-likeness (QED) is 0.903. The molecule has 2 N–H and O–H groups in total. The van der Waals surface area contributed by atoms with Gasteiger partial charge >= 0.3 is 0 Å². The molecule has 4 heteroatoms. The van der Waals surface area contributed by atoms with E-state index in [9.17, 15) is 0 Å². The minimum atomic E-state index is 0.0976. The molecule has 0 radical (unpaired) electrons. The number of aromatic nitrogens is 1. The van der Waals surface area contributed by atoms with Gasteiger partial charge in [0.1, 0.15) is 0 Å². The number of halogens is 1. The first-order valence-electron chi connectivity index (χ1n) is 6.35. The summed E-state index contributed by atoms with van der Waals surface area (Å²) in [5.41, 5.74) is 9.10. The first-order valence-corrected chi connectivity index (χ1v) is 8.03. The molecular formula is C15H15BrN2S. The number of thioether (sulfide) groups is 1. The average Bonchev–Trinajstić information content (AvgIpc) is 2.45. The summed E-state index contributed by atoms with van der Waals surface area (Å²) in [4.78, 5) is 4.42. The van der Waals surface area contributed by atoms with E-state index in [-0.39, 0.29) is 6.04 Å². The Balaban J connectivity index is 1.79. The highest BCUT2D eigenvalue weighted by atomic mass is 79.9. The molecule has 0 saturated heterocycles. The molecule has 1 heterocycles. The van der Waals surface area contributed by atoms with Crippen LogP contribution in [0.1, 0.15) is 23.6 Å². The maximum Gasteiger partial charge on any atom is 0.0964 e. The van der Waals surface area contributed by atoms with Crippen molar-refractivity contribution in [3.8, 4) is 0 Å². The van der Waals surface area contributed by atoms with Crippen LogP contribution in [0.5, 0.6) is 0 Å². The van der Waals surface area contributed by atoms with E-state index < -0.39 is 0 Å². The Labute approximate surface area is 125 Å². The minimum Gasteiger partial charge on any atom is -0.323 e. The molecule has 2 nitrogen and oxygen atoms in total. The predicted molar refractivity (Wildman–Crippen MR) is 83.3 cm³/mol. The SMILES string of the molecule is NC1c2ccccc2CCC1Sc1ccc(Br)cn1. The van der Waals surface area contributed by atoms with E-state index in [2.05, 4.69) is 45.2 Å². The summed E-state index contributed by atoms with van der Waals surface area (Å²) in [7, 11) is 0. The molecule has 0 bridgehead atoms. The topological polar surface area (TPSA) is 38.9 Å². The van der Waals surface area contributed by atoms with E-state index in [1.807, 2.05) is 18.3 Å². The van der Waals surface area contributed by atoms with Gasteiger partial charge in [0, 0.05) is 22.0 Å². The van der Waals surface area contributed by atoms with E-state index in [0.717, 1.165) is 22.3 Å². The Kier molecular flexibility index (Phi) is 3.91. The Hall–Kier alpha value is -0.840. The normalized spacial score (nSPS) is 22.0. The molecular weight excluding hydrogens is 320 g/mol. The van der Waals surface area contributed by atoms with Crippen LogP contribution in [0.15, 0.2) is 52.1 Å². The molecule has 2 unspecified atom stereocenters. The van der Waals surface area contributed by atoms with Crippen LogP contribution in [0.2, 0.25) is 0 Å². The number of rotatable bonds is 2. The summed E-state index contributed by atoms with van der Waals surface area (Å²) in [6, 6.07) is 12.7. The van der Waals surface area contributed by atoms with Gasteiger partial charge in [-0.25, -0.2) is 4.98 Å². The zero-order valence-electron chi connectivity index (χ0n) is 10.4. The van der Waals surface area contributed by atoms with Gasteiger partial charge in [0.25, 0.3) is 0 Å². The molecule has 1 aliphatic carbocycles. The smallest absolute Gasteiger partial charge is 0.0964 e. The molecule has 0 aliphatic heterocycles. The van der Waals surface area contributed by atoms with Crippen molar-refractivity contribution in [1.29, 1.82) is 0 Å². The Morgan fingerprint density at radius 2 is 2.05 bits per heavy atom. The Morgan fingerprint density at radius 3 is 2.84 bits per heavy atom. The van der Waals surface area contributed by atoms with Crippen LogP contribution in [0.3, 0.4) is 0 Å². The standard InChI is InChI=1S/C15H15BrN2S/c16-11-6-8-14(18-9-11)19-13-7-5-10-3-1-2-4-12(10)15(13)17/h1-4,6,8-9,13,15H,5,7,17H2. The maximum absolute atomic E-state index is 6.41. The summed E-state index contributed by atoms with van der Waals surface area (Å²) in [6.45, 7) is 0. The van der Waals surface area contributed by atoms with E-state index >= 15 is 0 Å². The summed E-state index contributed by atoms with van der Waals surface area (Å²) in [5.74, 6) is 0. The van der Waals surface area contributed by atoms with Gasteiger partial charge in [0.2, 0.25) is 0 Å². The number of nitrogens with two attached hydrogens (primary N) is 1. The van der Waals surface area contributed by atoms with Crippen LogP contribution in [0, 0.1) is 0 Å². The number of pyridine rings is 1. The van der Waals surface area contributed by atoms with Crippen LogP contribution < -0.4 is 5.73 Å². The lowest BCUT2D eigenvalue weighted by atomic mass is 9.88. The summed E-state index contributed by atoms with van der Waals surface area (Å²) in [5, 5.41) is 1.45. The van der Waals surface area contributed by atoms with Crippen molar-refractivity contribution in [2.45, 2.75) is 29.2 Å². The second-order valence-corrected chi connectivity index (χ2v) is 6.91. The summed E-state index contributed by atoms with van der Waals surface area (Å²) < 4.78 is 1.01. The maximum atomic E-state index is 6.41. The second kappa shape index (κ2) is 5.65. The molecule has 0 saturated carbocycles. The van der Waals surface area contributed by atoms with E-state index in [1.54, 1.807) is 11.8 Å². The van der Waals surface area contributed by atoms with Gasteiger partial charge in [-0.1, -0.05) is 24.3 Å². The number of aryl methyl sites for hydroxylation is 1. The van der Waals surface area contributed by atoms with Crippen molar-refractivity contribution in [2.24, 2.45) is 5.73 Å². The monoisotopic (exact) mass is 334 g/mol. The highest BCUT2D eigenvalue weighted by Crippen LogP contribution is 2.38. The van der Waals surface area contributed by atoms with Gasteiger partial charge in [-0.05, 0) is 52.0 Å². The summed E-state index contributed by atoms with van der Waals surface area (Å²) in [6.07, 6.45) is 4.06. The van der Waals surface area contributed by atoms with Crippen LogP contribution in [-0.2, 0) is 6.42 Å². The molecule has 2 aromatic rings. The third-order valence-corrected chi connectivity index (χ3v) is 5.27. The lowest BCUT2D eigenvalue weighted by Crippen LogP contribution is -2.29. The van der Waals surface area contributed by atoms with Gasteiger partial charge in [-0.15, -0.1) is 11.8 Å². The molecule has 0 spiro atoms. The number of benzene rings is 1. The third-order valence-electron chi connectivity index (χ3n) is 3.49. The van der Waals surface area contributed by atoms with Crippen molar-refractivity contribution in [3.63, 3.8) is 0 Å². The molecule has 0 amide bonds. The summed E-state index contributed by atoms with van der Waals surface area (Å²) >= 11 is 5.20. The lowest BCUT2D eigenvalue weighted by Gasteiger charge is -2.30. The van der Waals surface area contributed by atoms with E-state index in [1.165, 1.54) is 11.1 Å². The number of hydrogen-bond donors (Lipinski definition) is 1. The van der Waals surface area contributed by atoms with Crippen molar-refractivity contribution >= 4 is 27.7 Å². The molecule has 98 valence electrons. The molecule has 0 fully saturated rings. The average molecular weight is 335 g/mol. The van der Waals surface area contributed by atoms with Crippen LogP contribution >= 0.6 is 27.7 Å². The van der Waals surface area contributed by atoms with Crippen LogP contribution in [0.4, 0.5) is 0 Å². The first kappa shape index (κ1) is 13.2. The molecule has 2 atom stereocenters. The number of hydrogen-bond acceptors (Lipinski definition) is 3. The number of nitrogens with zero attached hydrogens (tertiary/aromatic N) is 1. The van der Waals surface area contributed by atoms with E-state index in [4.69, 9.17) is 5.73 Å². The van der Waals surface area contributed by atoms with Crippen molar-refractivity contribution < 1.29 is 0 Å². The highest BCUT2D eigenvalue weighted by molar-refractivity contribution is 9.10. The van der Waals surface area contributed by atoms with Gasteiger partial charge in [-0.3, -0.25) is 0 Å². The molecule has 1 aromatic heterocycles. The number of fused-ring (bicyclic) bond motifs is 1. The molecule has 19 heavy (non-hydrogen) atoms. The zero-order valence-corrected chi connectivity index (χ0v) is 12.8. The van der Waals surface area contributed by atoms with E-state index in [0.29, 0.717) is 5.25 Å². The lowest BCUT2D eigenvalue weighted by molar-refractivity contribution is 0.586. The zero-order chi connectivity index (χ0) is 13.2. The van der Waals surface area contributed by atoms with Crippen molar-refractivity contribution in [3.05, 3.63) is 58.2 Å². The first-order chi connectivity index (χ1) is 9.24. The fourth-order valence-corrected chi connectivity index (χ4v) is 3.82. The molecule has 1 aliphatic rings. The molecule has 1 aromatic carbocycles. The second-order valence-electron chi connectivity index (χ2n) is 4.73. The Morgan fingerprint density at radius 1 is 1.21 bits per heavy atom. The van der Waals surface area contributed by atoms with Gasteiger partial charge < -0.3 is 5.73 Å². The van der Waals surface area contributed by atoms with Gasteiger partial charge in [-0.2, -0.15) is 0 Å². The van der Waals surface area contributed by atoms with Crippen molar-refractivity contribution in [2.75, 3.05) is 0 Å². The molecule has 3 rings (SSSR count). The predicted octanol–water partition coefficient (Wildman–Crippen LogP) is 3.95.